The van der Waals surface area contributed by atoms with Gasteiger partial charge in [-0.3, -0.25) is 4.79 Å². The summed E-state index contributed by atoms with van der Waals surface area (Å²) in [5.41, 5.74) is -0.757. The maximum Gasteiger partial charge on any atom is 0.319 e. The lowest BCUT2D eigenvalue weighted by molar-refractivity contribution is -0.152. The highest BCUT2D eigenvalue weighted by molar-refractivity contribution is 5.78. The van der Waals surface area contributed by atoms with E-state index in [1.54, 1.807) is 16.8 Å². The summed E-state index contributed by atoms with van der Waals surface area (Å²) in [6.07, 6.45) is 2.00. The third-order valence-electron chi connectivity index (χ3n) is 3.94. The Morgan fingerprint density at radius 2 is 2.05 bits per heavy atom. The number of nitrogens with zero attached hydrogens (tertiary/aromatic N) is 2. The van der Waals surface area contributed by atoms with Crippen LogP contribution in [0.2, 0.25) is 0 Å². The number of carboxylic acids is 1. The summed E-state index contributed by atoms with van der Waals surface area (Å²) in [6.45, 7) is 7.71. The van der Waals surface area contributed by atoms with Crippen molar-refractivity contribution in [3.8, 4) is 0 Å². The molecule has 0 saturated carbocycles. The molecular weight excluding hydrogens is 244 g/mol. The van der Waals surface area contributed by atoms with Crippen LogP contribution in [0.3, 0.4) is 0 Å². The van der Waals surface area contributed by atoms with Crippen molar-refractivity contribution in [1.29, 1.82) is 0 Å². The molecule has 1 unspecified atom stereocenters. The molecule has 1 rings (SSSR count). The first kappa shape index (κ1) is 15.8. The largest absolute Gasteiger partial charge is 0.481 e. The molecule has 5 heteroatoms. The van der Waals surface area contributed by atoms with E-state index in [0.29, 0.717) is 38.4 Å². The van der Waals surface area contributed by atoms with E-state index in [1.165, 1.54) is 0 Å². The second-order valence-corrected chi connectivity index (χ2v) is 6.02. The van der Waals surface area contributed by atoms with Gasteiger partial charge in [-0.1, -0.05) is 20.8 Å². The van der Waals surface area contributed by atoms with Crippen molar-refractivity contribution < 1.29 is 14.7 Å². The van der Waals surface area contributed by atoms with Gasteiger partial charge in [0, 0.05) is 26.7 Å². The first-order chi connectivity index (χ1) is 8.82. The van der Waals surface area contributed by atoms with E-state index in [4.69, 9.17) is 0 Å². The van der Waals surface area contributed by atoms with E-state index < -0.39 is 11.4 Å². The number of aliphatic carboxylic acids is 1. The van der Waals surface area contributed by atoms with Gasteiger partial charge in [0.2, 0.25) is 0 Å². The maximum absolute atomic E-state index is 12.3. The van der Waals surface area contributed by atoms with Crippen LogP contribution in [0.5, 0.6) is 0 Å². The number of carbonyl (C=O) groups is 2. The second-order valence-electron chi connectivity index (χ2n) is 6.02. The molecule has 1 fully saturated rings. The fraction of sp³-hybridized carbons (Fsp3) is 0.857. The molecule has 5 nitrogen and oxygen atoms in total. The number of urea groups is 1. The zero-order valence-corrected chi connectivity index (χ0v) is 12.5. The average molecular weight is 270 g/mol. The van der Waals surface area contributed by atoms with Crippen molar-refractivity contribution in [3.63, 3.8) is 0 Å². The molecule has 0 aromatic carbocycles. The number of carboxylic acid groups (broad SMARTS) is 1. The van der Waals surface area contributed by atoms with Gasteiger partial charge >= 0.3 is 12.0 Å². The maximum atomic E-state index is 12.3. The van der Waals surface area contributed by atoms with E-state index >= 15 is 0 Å². The van der Waals surface area contributed by atoms with E-state index in [-0.39, 0.29) is 6.03 Å². The highest BCUT2D eigenvalue weighted by Crippen LogP contribution is 2.34. The first-order valence-electron chi connectivity index (χ1n) is 7.06. The monoisotopic (exact) mass is 270 g/mol. The number of carbonyl (C=O) groups excluding carboxylic acids is 1. The van der Waals surface area contributed by atoms with Crippen LogP contribution in [0.25, 0.3) is 0 Å². The molecule has 1 heterocycles. The molecule has 1 atom stereocenters. The molecule has 1 aliphatic rings. The average Bonchev–Trinajstić information content (AvgIpc) is 2.36. The molecule has 0 radical (unpaired) electrons. The van der Waals surface area contributed by atoms with E-state index in [1.807, 2.05) is 6.92 Å². The quantitative estimate of drug-likeness (QED) is 0.852. The molecule has 1 saturated heterocycles. The summed E-state index contributed by atoms with van der Waals surface area (Å²) in [4.78, 5) is 27.2. The van der Waals surface area contributed by atoms with Crippen molar-refractivity contribution in [1.82, 2.24) is 9.80 Å². The van der Waals surface area contributed by atoms with Gasteiger partial charge in [-0.2, -0.15) is 0 Å². The lowest BCUT2D eigenvalue weighted by Gasteiger charge is -2.40. The van der Waals surface area contributed by atoms with Crippen molar-refractivity contribution in [2.24, 2.45) is 11.3 Å². The first-order valence-corrected chi connectivity index (χ1v) is 7.06. The lowest BCUT2D eigenvalue weighted by atomic mass is 9.78. The molecule has 0 aromatic heterocycles. The van der Waals surface area contributed by atoms with Gasteiger partial charge in [0.25, 0.3) is 0 Å². The van der Waals surface area contributed by atoms with Gasteiger partial charge in [-0.05, 0) is 25.2 Å². The van der Waals surface area contributed by atoms with Gasteiger partial charge in [0.05, 0.1) is 5.41 Å². The van der Waals surface area contributed by atoms with E-state index in [0.717, 1.165) is 6.42 Å². The molecule has 0 aromatic rings. The number of rotatable bonds is 4. The Kier molecular flexibility index (Phi) is 5.20. The molecule has 0 spiro atoms. The third-order valence-corrected chi connectivity index (χ3v) is 3.94. The summed E-state index contributed by atoms with van der Waals surface area (Å²) in [5, 5.41) is 9.42. The number of piperidine rings is 1. The predicted octanol–water partition coefficient (Wildman–Crippen LogP) is 2.27. The fourth-order valence-electron chi connectivity index (χ4n) is 2.78. The Hall–Kier alpha value is -1.26. The van der Waals surface area contributed by atoms with Gasteiger partial charge in [0.1, 0.15) is 0 Å². The highest BCUT2D eigenvalue weighted by Gasteiger charge is 2.42. The van der Waals surface area contributed by atoms with Gasteiger partial charge in [-0.15, -0.1) is 0 Å². The normalized spacial score (nSPS) is 23.5. The van der Waals surface area contributed by atoms with Crippen LogP contribution in [-0.4, -0.2) is 53.6 Å². The number of hydrogen-bond donors (Lipinski definition) is 1. The smallest absolute Gasteiger partial charge is 0.319 e. The summed E-state index contributed by atoms with van der Waals surface area (Å²) >= 11 is 0. The number of likely N-dealkylation sites (tertiary alicyclic amines) is 1. The van der Waals surface area contributed by atoms with Crippen LogP contribution < -0.4 is 0 Å². The Morgan fingerprint density at radius 1 is 1.42 bits per heavy atom. The Bertz CT molecular complexity index is 344. The molecule has 19 heavy (non-hydrogen) atoms. The summed E-state index contributed by atoms with van der Waals surface area (Å²) in [5.74, 6) is -0.367. The summed E-state index contributed by atoms with van der Waals surface area (Å²) in [6, 6.07) is -0.0486. The van der Waals surface area contributed by atoms with Crippen molar-refractivity contribution in [2.45, 2.75) is 40.0 Å². The van der Waals surface area contributed by atoms with Crippen molar-refractivity contribution in [3.05, 3.63) is 0 Å². The van der Waals surface area contributed by atoms with Crippen LogP contribution >= 0.6 is 0 Å². The van der Waals surface area contributed by atoms with Crippen molar-refractivity contribution >= 4 is 12.0 Å². The standard InChI is InChI=1S/C14H26N2O3/c1-5-14(12(17)18)7-6-8-16(10-14)13(19)15(4)9-11(2)3/h11H,5-10H2,1-4H3,(H,17,18). The van der Waals surface area contributed by atoms with Gasteiger partial charge in [0.15, 0.2) is 0 Å². The Morgan fingerprint density at radius 3 is 2.53 bits per heavy atom. The SMILES string of the molecule is CCC1(C(=O)O)CCCN(C(=O)N(C)CC(C)C)C1. The molecule has 110 valence electrons. The van der Waals surface area contributed by atoms with Gasteiger partial charge < -0.3 is 14.9 Å². The minimum Gasteiger partial charge on any atom is -0.481 e. The van der Waals surface area contributed by atoms with E-state index in [2.05, 4.69) is 13.8 Å². The Labute approximate surface area is 115 Å². The van der Waals surface area contributed by atoms with Crippen LogP contribution in [0, 0.1) is 11.3 Å². The molecular formula is C14H26N2O3. The summed E-state index contributed by atoms with van der Waals surface area (Å²) in [7, 11) is 1.78. The topological polar surface area (TPSA) is 60.9 Å². The van der Waals surface area contributed by atoms with Crippen LogP contribution in [0.15, 0.2) is 0 Å². The highest BCUT2D eigenvalue weighted by atomic mass is 16.4. The van der Waals surface area contributed by atoms with Crippen molar-refractivity contribution in [2.75, 3.05) is 26.7 Å². The second kappa shape index (κ2) is 6.26. The van der Waals surface area contributed by atoms with Crippen LogP contribution in [0.4, 0.5) is 4.79 Å². The molecule has 0 bridgehead atoms. The third kappa shape index (κ3) is 3.61. The minimum atomic E-state index is -0.779. The fourth-order valence-corrected chi connectivity index (χ4v) is 2.78. The zero-order chi connectivity index (χ0) is 14.6. The lowest BCUT2D eigenvalue weighted by Crippen LogP contribution is -2.53. The Balaban J connectivity index is 2.74. The van der Waals surface area contributed by atoms with E-state index in [9.17, 15) is 14.7 Å². The summed E-state index contributed by atoms with van der Waals surface area (Å²) < 4.78 is 0. The van der Waals surface area contributed by atoms with Crippen LogP contribution in [-0.2, 0) is 4.79 Å². The molecule has 1 N–H and O–H groups in total. The number of hydrogen-bond acceptors (Lipinski definition) is 2. The van der Waals surface area contributed by atoms with Crippen LogP contribution in [0.1, 0.15) is 40.0 Å². The predicted molar refractivity (Wildman–Crippen MR) is 74.0 cm³/mol. The zero-order valence-electron chi connectivity index (χ0n) is 12.5. The molecule has 2 amide bonds. The molecule has 0 aliphatic carbocycles. The number of amides is 2. The van der Waals surface area contributed by atoms with Gasteiger partial charge in [-0.25, -0.2) is 4.79 Å². The molecule has 1 aliphatic heterocycles. The minimum absolute atomic E-state index is 0.0486.